The van der Waals surface area contributed by atoms with Gasteiger partial charge in [0.25, 0.3) is 0 Å². The van der Waals surface area contributed by atoms with Crippen molar-refractivity contribution >= 4 is 0 Å². The summed E-state index contributed by atoms with van der Waals surface area (Å²) in [5, 5.41) is 0. The Morgan fingerprint density at radius 1 is 1.22 bits per heavy atom. The molecule has 2 radical (unpaired) electrons. The molecule has 0 bridgehead atoms. The van der Waals surface area contributed by atoms with Gasteiger partial charge < -0.3 is 0 Å². The normalized spacial score (nSPS) is 11.2. The number of rotatable bonds is 4. The molecule has 0 spiro atoms. The van der Waals surface area contributed by atoms with Gasteiger partial charge in [-0.2, -0.15) is 0 Å². The fourth-order valence-electron chi connectivity index (χ4n) is 0.450. The number of hydrogen-bond acceptors (Lipinski definition) is 0. The molecule has 0 aliphatic rings. The lowest BCUT2D eigenvalue weighted by Crippen LogP contribution is -1.57. The average Bonchev–Trinajstić information content (AvgIpc) is 1.89. The van der Waals surface area contributed by atoms with E-state index in [-0.39, 0.29) is 0 Å². The molecule has 0 nitrogen and oxygen atoms in total. The summed E-state index contributed by atoms with van der Waals surface area (Å²) in [6.45, 7) is 8.76. The van der Waals surface area contributed by atoms with Gasteiger partial charge in [0.2, 0.25) is 0 Å². The lowest BCUT2D eigenvalue weighted by Gasteiger charge is -1.77. The van der Waals surface area contributed by atoms with Crippen molar-refractivity contribution in [2.24, 2.45) is 0 Å². The van der Waals surface area contributed by atoms with Crippen LogP contribution in [-0.4, -0.2) is 0 Å². The topological polar surface area (TPSA) is 0 Å². The Balaban J connectivity index is 3.17. The van der Waals surface area contributed by atoms with Crippen molar-refractivity contribution in [1.82, 2.24) is 0 Å². The molecule has 0 aromatic heterocycles. The summed E-state index contributed by atoms with van der Waals surface area (Å²) in [5.41, 5.74) is 0. The zero-order valence-electron chi connectivity index (χ0n) is 5.59. The SMILES string of the molecule is [CH]=C/C=C/C/C=C/C[CH2]. The molecule has 0 aromatic carbocycles. The maximum atomic E-state index is 5.10. The predicted octanol–water partition coefficient (Wildman–Crippen LogP) is 2.70. The van der Waals surface area contributed by atoms with Crippen LogP contribution in [0.5, 0.6) is 0 Å². The molecule has 0 saturated carbocycles. The minimum absolute atomic E-state index is 0.861. The standard InChI is InChI=1S/C9H12/c1-3-5-7-9-8-6-4-2/h1,3,5-8H,2,4,9H2/b3-1?,7-5+,8-6+. The van der Waals surface area contributed by atoms with E-state index in [1.165, 1.54) is 6.08 Å². The number of hydrogen-bond donors (Lipinski definition) is 0. The molecule has 0 fully saturated rings. The van der Waals surface area contributed by atoms with Crippen LogP contribution < -0.4 is 0 Å². The molecule has 0 unspecified atom stereocenters. The largest absolute Gasteiger partial charge is 0.0882 e. The molecule has 0 aliphatic heterocycles. The van der Waals surface area contributed by atoms with Gasteiger partial charge in [0, 0.05) is 0 Å². The van der Waals surface area contributed by atoms with Gasteiger partial charge in [0.1, 0.15) is 0 Å². The molecule has 0 atom stereocenters. The first-order valence-corrected chi connectivity index (χ1v) is 3.06. The second-order valence-corrected chi connectivity index (χ2v) is 1.62. The molecule has 0 heteroatoms. The van der Waals surface area contributed by atoms with E-state index in [1.807, 2.05) is 18.2 Å². The minimum atomic E-state index is 0.861. The Bertz CT molecular complexity index is 107. The van der Waals surface area contributed by atoms with Gasteiger partial charge in [0.05, 0.1) is 0 Å². The van der Waals surface area contributed by atoms with Crippen LogP contribution in [0.2, 0.25) is 0 Å². The van der Waals surface area contributed by atoms with Crippen LogP contribution in [0, 0.1) is 13.5 Å². The fourth-order valence-corrected chi connectivity index (χ4v) is 0.450. The summed E-state index contributed by atoms with van der Waals surface area (Å²) < 4.78 is 0. The van der Waals surface area contributed by atoms with Gasteiger partial charge in [-0.15, -0.1) is 0 Å². The molecule has 9 heavy (non-hydrogen) atoms. The van der Waals surface area contributed by atoms with Gasteiger partial charge in [-0.1, -0.05) is 37.0 Å². The highest BCUT2D eigenvalue weighted by Gasteiger charge is 1.66. The summed E-state index contributed by atoms with van der Waals surface area (Å²) in [4.78, 5) is 0. The van der Waals surface area contributed by atoms with Gasteiger partial charge in [-0.3, -0.25) is 0 Å². The van der Waals surface area contributed by atoms with E-state index in [0.717, 1.165) is 12.8 Å². The molecule has 0 amide bonds. The van der Waals surface area contributed by atoms with Crippen molar-refractivity contribution in [2.45, 2.75) is 12.8 Å². The fraction of sp³-hybridized carbons (Fsp3) is 0.222. The van der Waals surface area contributed by atoms with Gasteiger partial charge in [0.15, 0.2) is 0 Å². The minimum Gasteiger partial charge on any atom is -0.0882 e. The lowest BCUT2D eigenvalue weighted by molar-refractivity contribution is 1.31. The lowest BCUT2D eigenvalue weighted by atomic mass is 10.3. The Labute approximate surface area is 57.6 Å². The molecule has 0 aromatic rings. The van der Waals surface area contributed by atoms with Gasteiger partial charge >= 0.3 is 0 Å². The van der Waals surface area contributed by atoms with E-state index in [4.69, 9.17) is 6.58 Å². The highest BCUT2D eigenvalue weighted by atomic mass is 13.7. The maximum absolute atomic E-state index is 5.10. The Morgan fingerprint density at radius 2 is 2.00 bits per heavy atom. The summed E-state index contributed by atoms with van der Waals surface area (Å²) >= 11 is 0. The zero-order chi connectivity index (χ0) is 6.95. The first-order chi connectivity index (χ1) is 4.41. The zero-order valence-corrected chi connectivity index (χ0v) is 5.59. The molecule has 0 rings (SSSR count). The highest BCUT2D eigenvalue weighted by Crippen LogP contribution is 1.87. The van der Waals surface area contributed by atoms with Crippen LogP contribution in [0.25, 0.3) is 0 Å². The predicted molar refractivity (Wildman–Crippen MR) is 41.7 cm³/mol. The highest BCUT2D eigenvalue weighted by molar-refractivity contribution is 5.00. The Kier molecular flexibility index (Phi) is 6.59. The summed E-state index contributed by atoms with van der Waals surface area (Å²) in [6.07, 6.45) is 11.2. The van der Waals surface area contributed by atoms with E-state index < -0.39 is 0 Å². The van der Waals surface area contributed by atoms with E-state index in [0.29, 0.717) is 0 Å². The maximum Gasteiger partial charge on any atom is -0.0166 e. The van der Waals surface area contributed by atoms with Crippen molar-refractivity contribution in [1.29, 1.82) is 0 Å². The van der Waals surface area contributed by atoms with Gasteiger partial charge in [-0.25, -0.2) is 0 Å². The van der Waals surface area contributed by atoms with Crippen LogP contribution in [0.15, 0.2) is 30.4 Å². The van der Waals surface area contributed by atoms with Crippen molar-refractivity contribution in [3.8, 4) is 0 Å². The monoisotopic (exact) mass is 120 g/mol. The van der Waals surface area contributed by atoms with Crippen LogP contribution in [-0.2, 0) is 0 Å². The van der Waals surface area contributed by atoms with Crippen molar-refractivity contribution in [3.63, 3.8) is 0 Å². The summed E-state index contributed by atoms with van der Waals surface area (Å²) in [7, 11) is 0. The average molecular weight is 120 g/mol. The van der Waals surface area contributed by atoms with Crippen LogP contribution in [0.1, 0.15) is 12.8 Å². The Hall–Kier alpha value is -0.780. The van der Waals surface area contributed by atoms with Crippen molar-refractivity contribution < 1.29 is 0 Å². The van der Waals surface area contributed by atoms with Crippen molar-refractivity contribution in [2.75, 3.05) is 0 Å². The Morgan fingerprint density at radius 3 is 2.56 bits per heavy atom. The van der Waals surface area contributed by atoms with Crippen molar-refractivity contribution in [3.05, 3.63) is 43.9 Å². The molecular weight excluding hydrogens is 108 g/mol. The third-order valence-corrected chi connectivity index (χ3v) is 0.853. The van der Waals surface area contributed by atoms with Crippen LogP contribution in [0.4, 0.5) is 0 Å². The third-order valence-electron chi connectivity index (χ3n) is 0.853. The van der Waals surface area contributed by atoms with E-state index in [2.05, 4.69) is 13.0 Å². The second kappa shape index (κ2) is 7.22. The summed E-state index contributed by atoms with van der Waals surface area (Å²) in [5.74, 6) is 0. The van der Waals surface area contributed by atoms with E-state index >= 15 is 0 Å². The molecule has 0 aliphatic carbocycles. The molecule has 0 N–H and O–H groups in total. The third kappa shape index (κ3) is 7.22. The van der Waals surface area contributed by atoms with Crippen LogP contribution in [0.3, 0.4) is 0 Å². The van der Waals surface area contributed by atoms with E-state index in [1.54, 1.807) is 0 Å². The number of allylic oxidation sites excluding steroid dienone is 5. The molecular formula is C9H12. The molecule has 48 valence electrons. The quantitative estimate of drug-likeness (QED) is 0.395. The first-order valence-electron chi connectivity index (χ1n) is 3.06. The molecule has 0 saturated heterocycles. The molecule has 0 heterocycles. The second-order valence-electron chi connectivity index (χ2n) is 1.62. The van der Waals surface area contributed by atoms with Gasteiger partial charge in [-0.05, 0) is 19.8 Å². The van der Waals surface area contributed by atoms with Crippen LogP contribution >= 0.6 is 0 Å². The summed E-state index contributed by atoms with van der Waals surface area (Å²) in [6, 6.07) is 0. The first kappa shape index (κ1) is 8.22. The smallest absolute Gasteiger partial charge is 0.0166 e. The van der Waals surface area contributed by atoms with E-state index in [9.17, 15) is 0 Å².